The Morgan fingerprint density at radius 1 is 1.27 bits per heavy atom. The van der Waals surface area contributed by atoms with Crippen LogP contribution in [0.5, 0.6) is 0 Å². The van der Waals surface area contributed by atoms with Crippen LogP contribution in [0.3, 0.4) is 0 Å². The fourth-order valence-corrected chi connectivity index (χ4v) is 2.41. The summed E-state index contributed by atoms with van der Waals surface area (Å²) in [6, 6.07) is 0. The van der Waals surface area contributed by atoms with Crippen LogP contribution in [-0.2, 0) is 14.9 Å². The Bertz CT molecular complexity index is 283. The first kappa shape index (κ1) is 14.4. The van der Waals surface area contributed by atoms with Gasteiger partial charge in [-0.2, -0.15) is 8.42 Å². The van der Waals surface area contributed by atoms with Crippen molar-refractivity contribution in [2.45, 2.75) is 50.7 Å². The van der Waals surface area contributed by atoms with Gasteiger partial charge < -0.3 is 5.11 Å². The molecule has 5 nitrogen and oxygen atoms in total. The summed E-state index contributed by atoms with van der Waals surface area (Å²) in [4.78, 5) is 10.2. The van der Waals surface area contributed by atoms with Crippen molar-refractivity contribution in [1.82, 2.24) is 0 Å². The van der Waals surface area contributed by atoms with Gasteiger partial charge in [-0.3, -0.25) is 9.35 Å². The lowest BCUT2D eigenvalue weighted by molar-refractivity contribution is -0.137. The standard InChI is InChI=1S/C9H18O5S/c1-2-5-8(15(12,13)14)6-3-4-7-9(10)11/h8H,2-7H2,1H3,(H,10,11)(H,12,13,14). The quantitative estimate of drug-likeness (QED) is 0.496. The second-order valence-corrected chi connectivity index (χ2v) is 5.26. The number of hydrogen-bond acceptors (Lipinski definition) is 3. The van der Waals surface area contributed by atoms with E-state index in [1.165, 1.54) is 0 Å². The van der Waals surface area contributed by atoms with E-state index in [9.17, 15) is 13.2 Å². The van der Waals surface area contributed by atoms with E-state index in [0.717, 1.165) is 0 Å². The highest BCUT2D eigenvalue weighted by molar-refractivity contribution is 7.86. The van der Waals surface area contributed by atoms with E-state index in [2.05, 4.69) is 0 Å². The molecule has 1 atom stereocenters. The summed E-state index contributed by atoms with van der Waals surface area (Å²) in [5, 5.41) is 7.63. The zero-order chi connectivity index (χ0) is 11.9. The molecule has 0 radical (unpaired) electrons. The Hall–Kier alpha value is -0.620. The highest BCUT2D eigenvalue weighted by atomic mass is 32.2. The number of rotatable bonds is 8. The molecule has 0 bridgehead atoms. The van der Waals surface area contributed by atoms with Gasteiger partial charge in [0.15, 0.2) is 0 Å². The van der Waals surface area contributed by atoms with Gasteiger partial charge in [-0.25, -0.2) is 0 Å². The van der Waals surface area contributed by atoms with Crippen LogP contribution in [0.1, 0.15) is 45.4 Å². The maximum Gasteiger partial charge on any atom is 0.303 e. The molecule has 0 fully saturated rings. The van der Waals surface area contributed by atoms with Crippen LogP contribution in [-0.4, -0.2) is 29.3 Å². The second-order valence-electron chi connectivity index (χ2n) is 3.57. The predicted octanol–water partition coefficient (Wildman–Crippen LogP) is 1.69. The highest BCUT2D eigenvalue weighted by Gasteiger charge is 2.21. The Labute approximate surface area is 90.2 Å². The van der Waals surface area contributed by atoms with Gasteiger partial charge in [0.25, 0.3) is 10.1 Å². The van der Waals surface area contributed by atoms with Gasteiger partial charge in [-0.1, -0.05) is 19.8 Å². The molecule has 2 N–H and O–H groups in total. The smallest absolute Gasteiger partial charge is 0.303 e. The van der Waals surface area contributed by atoms with Gasteiger partial charge >= 0.3 is 5.97 Å². The molecular formula is C9H18O5S. The topological polar surface area (TPSA) is 91.7 Å². The first-order valence-electron chi connectivity index (χ1n) is 5.06. The third-order valence-corrected chi connectivity index (χ3v) is 3.51. The maximum atomic E-state index is 10.9. The lowest BCUT2D eigenvalue weighted by Gasteiger charge is -2.11. The minimum atomic E-state index is -3.98. The van der Waals surface area contributed by atoms with Gasteiger partial charge in [0.05, 0.1) is 5.25 Å². The summed E-state index contributed by atoms with van der Waals surface area (Å²) in [6.45, 7) is 1.84. The van der Waals surface area contributed by atoms with E-state index in [1.54, 1.807) is 0 Å². The Morgan fingerprint density at radius 3 is 2.27 bits per heavy atom. The summed E-state index contributed by atoms with van der Waals surface area (Å²) < 4.78 is 30.7. The molecule has 0 heterocycles. The average Bonchev–Trinajstić information content (AvgIpc) is 2.08. The van der Waals surface area contributed by atoms with E-state index in [-0.39, 0.29) is 6.42 Å². The molecule has 1 unspecified atom stereocenters. The predicted molar refractivity (Wildman–Crippen MR) is 56.3 cm³/mol. The summed E-state index contributed by atoms with van der Waals surface area (Å²) in [7, 11) is -3.98. The zero-order valence-electron chi connectivity index (χ0n) is 8.85. The average molecular weight is 238 g/mol. The van der Waals surface area contributed by atoms with Gasteiger partial charge in [0.2, 0.25) is 0 Å². The number of carboxylic acid groups (broad SMARTS) is 1. The molecular weight excluding hydrogens is 220 g/mol. The van der Waals surface area contributed by atoms with Crippen LogP contribution in [0.25, 0.3) is 0 Å². The second kappa shape index (κ2) is 6.79. The minimum Gasteiger partial charge on any atom is -0.481 e. The van der Waals surface area contributed by atoms with Crippen LogP contribution < -0.4 is 0 Å². The number of aliphatic carboxylic acids is 1. The van der Waals surface area contributed by atoms with Crippen molar-refractivity contribution in [2.24, 2.45) is 0 Å². The van der Waals surface area contributed by atoms with Crippen LogP contribution in [0.15, 0.2) is 0 Å². The molecule has 0 amide bonds. The molecule has 0 aromatic rings. The molecule has 90 valence electrons. The Kier molecular flexibility index (Phi) is 6.51. The molecule has 15 heavy (non-hydrogen) atoms. The van der Waals surface area contributed by atoms with E-state index in [4.69, 9.17) is 9.66 Å². The summed E-state index contributed by atoms with van der Waals surface area (Å²) >= 11 is 0. The van der Waals surface area contributed by atoms with Crippen molar-refractivity contribution in [3.63, 3.8) is 0 Å². The van der Waals surface area contributed by atoms with Gasteiger partial charge in [0.1, 0.15) is 0 Å². The van der Waals surface area contributed by atoms with E-state index in [0.29, 0.717) is 32.1 Å². The van der Waals surface area contributed by atoms with Crippen LogP contribution in [0.2, 0.25) is 0 Å². The third-order valence-electron chi connectivity index (χ3n) is 2.20. The van der Waals surface area contributed by atoms with Crippen LogP contribution in [0.4, 0.5) is 0 Å². The monoisotopic (exact) mass is 238 g/mol. The molecule has 0 aromatic carbocycles. The normalized spacial score (nSPS) is 13.7. The summed E-state index contributed by atoms with van der Waals surface area (Å²) in [6.07, 6.45) is 2.45. The SMILES string of the molecule is CCCC(CCCCC(=O)O)S(=O)(=O)O. The van der Waals surface area contributed by atoms with E-state index >= 15 is 0 Å². The lowest BCUT2D eigenvalue weighted by Crippen LogP contribution is -2.20. The fraction of sp³-hybridized carbons (Fsp3) is 0.889. The molecule has 0 rings (SSSR count). The highest BCUT2D eigenvalue weighted by Crippen LogP contribution is 2.15. The third kappa shape index (κ3) is 7.33. The molecule has 0 aliphatic rings. The first-order chi connectivity index (χ1) is 6.88. The van der Waals surface area contributed by atoms with Gasteiger partial charge in [-0.15, -0.1) is 0 Å². The van der Waals surface area contributed by atoms with Crippen molar-refractivity contribution < 1.29 is 22.9 Å². The van der Waals surface area contributed by atoms with Crippen molar-refractivity contribution in [3.8, 4) is 0 Å². The molecule has 0 aromatic heterocycles. The van der Waals surface area contributed by atoms with Crippen molar-refractivity contribution in [1.29, 1.82) is 0 Å². The Balaban J connectivity index is 3.93. The molecule has 0 spiro atoms. The van der Waals surface area contributed by atoms with Crippen molar-refractivity contribution >= 4 is 16.1 Å². The number of hydrogen-bond donors (Lipinski definition) is 2. The summed E-state index contributed by atoms with van der Waals surface area (Å²) in [5.41, 5.74) is 0. The number of unbranched alkanes of at least 4 members (excludes halogenated alkanes) is 1. The molecule has 0 saturated heterocycles. The van der Waals surface area contributed by atoms with Crippen LogP contribution >= 0.6 is 0 Å². The number of carbonyl (C=O) groups is 1. The number of carboxylic acids is 1. The van der Waals surface area contributed by atoms with E-state index < -0.39 is 21.3 Å². The minimum absolute atomic E-state index is 0.0460. The molecule has 0 aliphatic heterocycles. The van der Waals surface area contributed by atoms with Crippen molar-refractivity contribution in [2.75, 3.05) is 0 Å². The van der Waals surface area contributed by atoms with Gasteiger partial charge in [0, 0.05) is 6.42 Å². The molecule has 0 aliphatic carbocycles. The summed E-state index contributed by atoms with van der Waals surface area (Å²) in [5.74, 6) is -0.881. The molecule has 0 saturated carbocycles. The van der Waals surface area contributed by atoms with Crippen LogP contribution in [0, 0.1) is 0 Å². The Morgan fingerprint density at radius 2 is 1.87 bits per heavy atom. The van der Waals surface area contributed by atoms with Crippen molar-refractivity contribution in [3.05, 3.63) is 0 Å². The fourth-order valence-electron chi connectivity index (χ4n) is 1.41. The maximum absolute atomic E-state index is 10.9. The zero-order valence-corrected chi connectivity index (χ0v) is 9.66. The van der Waals surface area contributed by atoms with E-state index in [1.807, 2.05) is 6.92 Å². The van der Waals surface area contributed by atoms with Gasteiger partial charge in [-0.05, 0) is 19.3 Å². The largest absolute Gasteiger partial charge is 0.481 e. The molecule has 6 heteroatoms. The first-order valence-corrected chi connectivity index (χ1v) is 6.56. The lowest BCUT2D eigenvalue weighted by atomic mass is 10.1.